The molecule has 0 saturated carbocycles. The second-order valence-corrected chi connectivity index (χ2v) is 11.8. The number of rotatable bonds is 10. The minimum absolute atomic E-state index is 0.0569. The summed E-state index contributed by atoms with van der Waals surface area (Å²) in [6.45, 7) is 8.80. The Morgan fingerprint density at radius 2 is 1.63 bits per heavy atom. The van der Waals surface area contributed by atoms with Crippen LogP contribution in [0.4, 0.5) is 5.95 Å². The summed E-state index contributed by atoms with van der Waals surface area (Å²) >= 11 is 0. The van der Waals surface area contributed by atoms with Crippen LogP contribution in [0.1, 0.15) is 48.0 Å². The molecule has 0 aliphatic carbocycles. The quantitative estimate of drug-likeness (QED) is 0.271. The highest BCUT2D eigenvalue weighted by Crippen LogP contribution is 2.49. The molecule has 2 rings (SSSR count). The fraction of sp³-hybridized carbons (Fsp3) is 0.571. The van der Waals surface area contributed by atoms with E-state index in [-0.39, 0.29) is 29.7 Å². The summed E-state index contributed by atoms with van der Waals surface area (Å²) < 4.78 is 35.2. The van der Waals surface area contributed by atoms with Crippen LogP contribution in [-0.2, 0) is 32.7 Å². The number of aromatic nitrogens is 4. The van der Waals surface area contributed by atoms with Crippen molar-refractivity contribution >= 4 is 42.8 Å². The van der Waals surface area contributed by atoms with E-state index in [2.05, 4.69) is 15.0 Å². The lowest BCUT2D eigenvalue weighted by atomic mass is 9.98. The average Bonchev–Trinajstić information content (AvgIpc) is 3.13. The minimum Gasteiger partial charge on any atom is -0.438 e. The zero-order valence-electron chi connectivity index (χ0n) is 20.7. The summed E-state index contributed by atoms with van der Waals surface area (Å²) in [7, 11) is -3.83. The first-order valence-corrected chi connectivity index (χ1v) is 12.5. The molecule has 14 heteroatoms. The average molecular weight is 513 g/mol. The zero-order valence-corrected chi connectivity index (χ0v) is 21.6. The summed E-state index contributed by atoms with van der Waals surface area (Å²) in [5.74, 6) is -1.15. The molecule has 2 aromatic rings. The predicted molar refractivity (Wildman–Crippen MR) is 128 cm³/mol. The highest BCUT2D eigenvalue weighted by molar-refractivity contribution is 7.53. The van der Waals surface area contributed by atoms with Gasteiger partial charge in [0, 0.05) is 6.20 Å². The number of carbonyl (C=O) groups is 2. The van der Waals surface area contributed by atoms with Gasteiger partial charge in [-0.05, 0) is 48.0 Å². The molecule has 0 radical (unpaired) electrons. The molecular weight excluding hydrogens is 481 g/mol. The Bertz CT molecular complexity index is 1150. The van der Waals surface area contributed by atoms with Crippen LogP contribution >= 0.6 is 7.60 Å². The normalized spacial score (nSPS) is 12.9. The van der Waals surface area contributed by atoms with E-state index in [1.54, 1.807) is 53.8 Å². The van der Waals surface area contributed by atoms with Gasteiger partial charge in [0.25, 0.3) is 5.56 Å². The van der Waals surface area contributed by atoms with E-state index in [1.165, 1.54) is 10.9 Å². The Balaban J connectivity index is 2.05. The second-order valence-electron chi connectivity index (χ2n) is 9.64. The molecule has 0 unspecified atom stereocenters. The Hall–Kier alpha value is -3.02. The molecule has 0 fully saturated rings. The first kappa shape index (κ1) is 28.2. The maximum Gasteiger partial charge on any atom is 0.336 e. The van der Waals surface area contributed by atoms with Gasteiger partial charge < -0.3 is 15.2 Å². The van der Waals surface area contributed by atoms with Crippen molar-refractivity contribution < 1.29 is 32.7 Å². The van der Waals surface area contributed by atoms with E-state index in [1.807, 2.05) is 0 Å². The van der Waals surface area contributed by atoms with E-state index in [0.29, 0.717) is 0 Å². The van der Waals surface area contributed by atoms with E-state index < -0.39 is 49.5 Å². The number of nitrogen functional groups attached to an aromatic ring is 1. The molecule has 3 N–H and O–H groups in total. The number of anilines is 1. The maximum atomic E-state index is 13.2. The maximum absolute atomic E-state index is 13.2. The molecule has 0 amide bonds. The van der Waals surface area contributed by atoms with Gasteiger partial charge in [-0.3, -0.25) is 37.5 Å². The Morgan fingerprint density at radius 3 is 2.14 bits per heavy atom. The van der Waals surface area contributed by atoms with Gasteiger partial charge in [-0.15, -0.1) is 0 Å². The van der Waals surface area contributed by atoms with Crippen molar-refractivity contribution in [3.63, 3.8) is 0 Å². The van der Waals surface area contributed by atoms with Crippen LogP contribution in [-0.4, -0.2) is 51.2 Å². The number of H-pyrrole nitrogens is 1. The Morgan fingerprint density at radius 1 is 1.09 bits per heavy atom. The van der Waals surface area contributed by atoms with Crippen LogP contribution in [0.2, 0.25) is 0 Å². The molecule has 0 aromatic carbocycles. The van der Waals surface area contributed by atoms with Gasteiger partial charge in [-0.2, -0.15) is 4.98 Å². The van der Waals surface area contributed by atoms with Crippen LogP contribution in [0, 0.1) is 10.8 Å². The van der Waals surface area contributed by atoms with Crippen molar-refractivity contribution in [1.82, 2.24) is 19.5 Å². The molecule has 0 aliphatic rings. The highest BCUT2D eigenvalue weighted by atomic mass is 31.2. The van der Waals surface area contributed by atoms with Crippen LogP contribution in [0.3, 0.4) is 0 Å². The number of ether oxygens (including phenoxy) is 2. The molecule has 194 valence electrons. The van der Waals surface area contributed by atoms with Gasteiger partial charge >= 0.3 is 19.5 Å². The number of nitrogens with two attached hydrogens (primary N) is 1. The van der Waals surface area contributed by atoms with Gasteiger partial charge in [0.1, 0.15) is 6.33 Å². The van der Waals surface area contributed by atoms with Crippen molar-refractivity contribution in [3.8, 4) is 0 Å². The summed E-state index contributed by atoms with van der Waals surface area (Å²) in [6.07, 6.45) is 4.64. The number of hydrogen-bond donors (Lipinski definition) is 2. The molecule has 0 aliphatic heterocycles. The number of fused-ring (bicyclic) bond motifs is 1. The van der Waals surface area contributed by atoms with Crippen molar-refractivity contribution in [2.24, 2.45) is 10.8 Å². The standard InChI is InChI=1S/C21H32N5O8P/c1-20(2,3)17(28)31-12-33-35(30,34-13-32-18(29)21(4,5)6)10-8-7-9-26-11-23-14-15(26)24-19(22)25-16(14)27/h7,9,11H,8,10,12-13H2,1-6H3,(H3,22,24,25,27)/b9-7-. The molecule has 0 spiro atoms. The zero-order chi connectivity index (χ0) is 26.4. The summed E-state index contributed by atoms with van der Waals surface area (Å²) in [5, 5.41) is 0. The lowest BCUT2D eigenvalue weighted by molar-refractivity contribution is -0.162. The topological polar surface area (TPSA) is 178 Å². The number of esters is 2. The highest BCUT2D eigenvalue weighted by Gasteiger charge is 2.29. The van der Waals surface area contributed by atoms with Gasteiger partial charge in [0.15, 0.2) is 11.2 Å². The van der Waals surface area contributed by atoms with Crippen LogP contribution < -0.4 is 11.3 Å². The number of hydrogen-bond acceptors (Lipinski definition) is 11. The number of carbonyl (C=O) groups excluding carboxylic acids is 2. The SMILES string of the molecule is CC(C)(C)C(=O)OCOP(=O)(CC/C=C\n1cnc2c(=O)[nH]c(N)nc21)OCOC(=O)C(C)(C)C. The van der Waals surface area contributed by atoms with E-state index in [4.69, 9.17) is 24.3 Å². The number of allylic oxidation sites excluding steroid dienone is 1. The van der Waals surface area contributed by atoms with Crippen LogP contribution in [0.25, 0.3) is 17.4 Å². The van der Waals surface area contributed by atoms with Crippen molar-refractivity contribution in [2.45, 2.75) is 48.0 Å². The molecule has 0 saturated heterocycles. The lowest BCUT2D eigenvalue weighted by Crippen LogP contribution is -2.25. The largest absolute Gasteiger partial charge is 0.438 e. The molecule has 0 atom stereocenters. The van der Waals surface area contributed by atoms with Crippen molar-refractivity contribution in [3.05, 3.63) is 22.8 Å². The lowest BCUT2D eigenvalue weighted by Gasteiger charge is -2.21. The third kappa shape index (κ3) is 8.30. The van der Waals surface area contributed by atoms with Gasteiger partial charge in [-0.25, -0.2) is 4.98 Å². The third-order valence-corrected chi connectivity index (χ3v) is 6.19. The molecule has 35 heavy (non-hydrogen) atoms. The van der Waals surface area contributed by atoms with Gasteiger partial charge in [0.05, 0.1) is 17.0 Å². The monoisotopic (exact) mass is 513 g/mol. The first-order chi connectivity index (χ1) is 16.1. The van der Waals surface area contributed by atoms with Gasteiger partial charge in [0.2, 0.25) is 19.5 Å². The van der Waals surface area contributed by atoms with Crippen molar-refractivity contribution in [1.29, 1.82) is 0 Å². The summed E-state index contributed by atoms with van der Waals surface area (Å²) in [5.41, 5.74) is 3.93. The first-order valence-electron chi connectivity index (χ1n) is 10.7. The Labute approximate surface area is 202 Å². The molecule has 13 nitrogen and oxygen atoms in total. The molecule has 2 aromatic heterocycles. The van der Waals surface area contributed by atoms with E-state index >= 15 is 0 Å². The minimum atomic E-state index is -3.83. The summed E-state index contributed by atoms with van der Waals surface area (Å²) in [4.78, 5) is 46.2. The number of nitrogens with one attached hydrogen (secondary N) is 1. The molecular formula is C21H32N5O8P. The van der Waals surface area contributed by atoms with Crippen molar-refractivity contribution in [2.75, 3.05) is 25.5 Å². The third-order valence-electron chi connectivity index (χ3n) is 4.39. The number of nitrogens with zero attached hydrogens (tertiary/aromatic N) is 3. The fourth-order valence-corrected chi connectivity index (χ4v) is 3.62. The summed E-state index contributed by atoms with van der Waals surface area (Å²) in [6, 6.07) is 0. The van der Waals surface area contributed by atoms with Gasteiger partial charge in [-0.1, -0.05) is 6.08 Å². The molecule has 2 heterocycles. The second kappa shape index (κ2) is 11.1. The predicted octanol–water partition coefficient (Wildman–Crippen LogP) is 2.88. The van der Waals surface area contributed by atoms with Crippen LogP contribution in [0.15, 0.2) is 17.2 Å². The number of imidazole rings is 1. The molecule has 0 bridgehead atoms. The van der Waals surface area contributed by atoms with E-state index in [0.717, 1.165) is 0 Å². The van der Waals surface area contributed by atoms with Crippen LogP contribution in [0.5, 0.6) is 0 Å². The fourth-order valence-electron chi connectivity index (χ4n) is 2.39. The number of aromatic amines is 1. The van der Waals surface area contributed by atoms with E-state index in [9.17, 15) is 18.9 Å². The Kier molecular flexibility index (Phi) is 8.99. The smallest absolute Gasteiger partial charge is 0.336 e.